The van der Waals surface area contributed by atoms with Gasteiger partial charge in [0.1, 0.15) is 5.92 Å². The first-order valence-corrected chi connectivity index (χ1v) is 11.5. The van der Waals surface area contributed by atoms with Crippen LogP contribution in [0.4, 0.5) is 5.69 Å². The normalized spacial score (nSPS) is 26.9. The molecule has 158 valence electrons. The zero-order chi connectivity index (χ0) is 20.4. The van der Waals surface area contributed by atoms with Gasteiger partial charge in [-0.05, 0) is 81.3 Å². The number of rotatable bonds is 4. The fourth-order valence-corrected chi connectivity index (χ4v) is 5.16. The number of carbonyl (C=O) groups is 2. The van der Waals surface area contributed by atoms with Crippen LogP contribution in [-0.4, -0.2) is 60.9 Å². The molecule has 2 unspecified atom stereocenters. The number of hydrogen-bond donors (Lipinski definition) is 0. The highest BCUT2D eigenvalue weighted by Crippen LogP contribution is 2.29. The molecule has 1 aromatic carbocycles. The molecule has 3 saturated heterocycles. The maximum atomic E-state index is 13.2. The van der Waals surface area contributed by atoms with E-state index < -0.39 is 5.92 Å². The first kappa shape index (κ1) is 20.7. The van der Waals surface area contributed by atoms with E-state index in [1.54, 1.807) is 17.0 Å². The van der Waals surface area contributed by atoms with Crippen LogP contribution in [0.25, 0.3) is 0 Å². The van der Waals surface area contributed by atoms with Crippen molar-refractivity contribution in [1.29, 1.82) is 0 Å². The van der Waals surface area contributed by atoms with Crippen LogP contribution in [0.3, 0.4) is 0 Å². The minimum Gasteiger partial charge on any atom is -0.342 e. The van der Waals surface area contributed by atoms with Gasteiger partial charge in [0.15, 0.2) is 0 Å². The topological polar surface area (TPSA) is 43.9 Å². The van der Waals surface area contributed by atoms with Gasteiger partial charge in [-0.3, -0.25) is 9.59 Å². The van der Waals surface area contributed by atoms with Crippen LogP contribution < -0.4 is 4.90 Å². The number of benzene rings is 1. The molecular weight excluding hydrogens is 386 g/mol. The van der Waals surface area contributed by atoms with Gasteiger partial charge in [0.2, 0.25) is 11.8 Å². The molecule has 6 heteroatoms. The second-order valence-electron chi connectivity index (χ2n) is 9.08. The smallest absolute Gasteiger partial charge is 0.239 e. The average Bonchev–Trinajstić information content (AvgIpc) is 3.11. The Morgan fingerprint density at radius 3 is 2.48 bits per heavy atom. The summed E-state index contributed by atoms with van der Waals surface area (Å²) in [5, 5.41) is 0.649. The number of piperidine rings is 2. The van der Waals surface area contributed by atoms with E-state index in [0.717, 1.165) is 37.7 Å². The predicted octanol–water partition coefficient (Wildman–Crippen LogP) is 3.66. The summed E-state index contributed by atoms with van der Waals surface area (Å²) in [4.78, 5) is 32.4. The van der Waals surface area contributed by atoms with Crippen LogP contribution in [-0.2, 0) is 9.59 Å². The molecule has 29 heavy (non-hydrogen) atoms. The molecule has 0 spiro atoms. The van der Waals surface area contributed by atoms with E-state index in [-0.39, 0.29) is 11.8 Å². The number of amides is 2. The van der Waals surface area contributed by atoms with Gasteiger partial charge >= 0.3 is 0 Å². The maximum Gasteiger partial charge on any atom is 0.239 e. The number of hydrogen-bond acceptors (Lipinski definition) is 3. The van der Waals surface area contributed by atoms with Gasteiger partial charge in [-0.2, -0.15) is 0 Å². The molecule has 4 rings (SSSR count). The summed E-state index contributed by atoms with van der Waals surface area (Å²) in [7, 11) is 0. The fourth-order valence-electron chi connectivity index (χ4n) is 5.03. The lowest BCUT2D eigenvalue weighted by molar-refractivity contribution is -0.141. The Labute approximate surface area is 179 Å². The standard InChI is InChI=1S/C23H32ClN3O2/c1-17-8-12-25(13-9-17)15-18-3-2-11-26(16-18)22(28)21-10-14-27(23(21)29)20-6-4-19(24)5-7-20/h4-7,17-18,21H,2-3,8-16H2,1H3. The number of halogens is 1. The van der Waals surface area contributed by atoms with Crippen LogP contribution in [0, 0.1) is 17.8 Å². The molecule has 0 aromatic heterocycles. The van der Waals surface area contributed by atoms with Crippen molar-refractivity contribution in [3.63, 3.8) is 0 Å². The molecule has 0 bridgehead atoms. The van der Waals surface area contributed by atoms with E-state index in [4.69, 9.17) is 11.6 Å². The van der Waals surface area contributed by atoms with Crippen molar-refractivity contribution in [2.75, 3.05) is 44.2 Å². The molecule has 3 aliphatic rings. The Balaban J connectivity index is 1.34. The molecule has 3 aliphatic heterocycles. The van der Waals surface area contributed by atoms with Crippen LogP contribution in [0.15, 0.2) is 24.3 Å². The molecule has 1 aromatic rings. The fraction of sp³-hybridized carbons (Fsp3) is 0.652. The molecule has 5 nitrogen and oxygen atoms in total. The molecule has 2 amide bonds. The Hall–Kier alpha value is -1.59. The lowest BCUT2D eigenvalue weighted by Gasteiger charge is -2.38. The van der Waals surface area contributed by atoms with Gasteiger partial charge in [-0.25, -0.2) is 0 Å². The third-order valence-electron chi connectivity index (χ3n) is 6.87. The van der Waals surface area contributed by atoms with Crippen molar-refractivity contribution < 1.29 is 9.59 Å². The Morgan fingerprint density at radius 1 is 1.03 bits per heavy atom. The van der Waals surface area contributed by atoms with Crippen molar-refractivity contribution in [2.45, 2.75) is 39.0 Å². The molecule has 3 heterocycles. The van der Waals surface area contributed by atoms with Crippen LogP contribution in [0.2, 0.25) is 5.02 Å². The van der Waals surface area contributed by atoms with E-state index >= 15 is 0 Å². The number of likely N-dealkylation sites (tertiary alicyclic amines) is 2. The third kappa shape index (κ3) is 4.77. The minimum absolute atomic E-state index is 0.0310. The summed E-state index contributed by atoms with van der Waals surface area (Å²) in [5.41, 5.74) is 0.825. The predicted molar refractivity (Wildman–Crippen MR) is 116 cm³/mol. The first-order chi connectivity index (χ1) is 14.0. The molecule has 2 atom stereocenters. The lowest BCUT2D eigenvalue weighted by atomic mass is 9.93. The van der Waals surface area contributed by atoms with E-state index in [1.165, 1.54) is 32.4 Å². The largest absolute Gasteiger partial charge is 0.342 e. The van der Waals surface area contributed by atoms with E-state index in [1.807, 2.05) is 17.0 Å². The molecule has 0 radical (unpaired) electrons. The first-order valence-electron chi connectivity index (χ1n) is 11.1. The van der Waals surface area contributed by atoms with E-state index in [0.29, 0.717) is 23.9 Å². The van der Waals surface area contributed by atoms with Gasteiger partial charge < -0.3 is 14.7 Å². The van der Waals surface area contributed by atoms with Crippen molar-refractivity contribution in [2.24, 2.45) is 17.8 Å². The highest BCUT2D eigenvalue weighted by atomic mass is 35.5. The van der Waals surface area contributed by atoms with Crippen molar-refractivity contribution in [1.82, 2.24) is 9.80 Å². The van der Waals surface area contributed by atoms with Gasteiger partial charge in [0, 0.05) is 36.9 Å². The van der Waals surface area contributed by atoms with Crippen LogP contribution in [0.5, 0.6) is 0 Å². The summed E-state index contributed by atoms with van der Waals surface area (Å²) in [5.74, 6) is 0.811. The SMILES string of the molecule is CC1CCN(CC2CCCN(C(=O)C3CCN(c4ccc(Cl)cc4)C3=O)C2)CC1. The molecule has 0 aliphatic carbocycles. The summed E-state index contributed by atoms with van der Waals surface area (Å²) in [6.07, 6.45) is 5.40. The molecule has 3 fully saturated rings. The zero-order valence-corrected chi connectivity index (χ0v) is 18.1. The van der Waals surface area contributed by atoms with E-state index in [9.17, 15) is 9.59 Å². The third-order valence-corrected chi connectivity index (χ3v) is 7.12. The lowest BCUT2D eigenvalue weighted by Crippen LogP contribution is -2.48. The monoisotopic (exact) mass is 417 g/mol. The van der Waals surface area contributed by atoms with Crippen molar-refractivity contribution in [3.05, 3.63) is 29.3 Å². The summed E-state index contributed by atoms with van der Waals surface area (Å²) >= 11 is 5.96. The Bertz CT molecular complexity index is 730. The summed E-state index contributed by atoms with van der Waals surface area (Å²) in [6.45, 7) is 7.98. The van der Waals surface area contributed by atoms with Crippen LogP contribution in [0.1, 0.15) is 39.0 Å². The Morgan fingerprint density at radius 2 is 1.76 bits per heavy atom. The second kappa shape index (κ2) is 9.05. The number of carbonyl (C=O) groups excluding carboxylic acids is 2. The second-order valence-corrected chi connectivity index (χ2v) is 9.52. The minimum atomic E-state index is -0.528. The quantitative estimate of drug-likeness (QED) is 0.702. The summed E-state index contributed by atoms with van der Waals surface area (Å²) < 4.78 is 0. The zero-order valence-electron chi connectivity index (χ0n) is 17.4. The number of anilines is 1. The molecule has 0 N–H and O–H groups in total. The van der Waals surface area contributed by atoms with Gasteiger partial charge in [-0.15, -0.1) is 0 Å². The van der Waals surface area contributed by atoms with E-state index in [2.05, 4.69) is 11.8 Å². The maximum absolute atomic E-state index is 13.2. The highest BCUT2D eigenvalue weighted by Gasteiger charge is 2.40. The van der Waals surface area contributed by atoms with Crippen molar-refractivity contribution in [3.8, 4) is 0 Å². The highest BCUT2D eigenvalue weighted by molar-refractivity contribution is 6.30. The molecular formula is C23H32ClN3O2. The van der Waals surface area contributed by atoms with Crippen LogP contribution >= 0.6 is 11.6 Å². The Kier molecular flexibility index (Phi) is 6.45. The summed E-state index contributed by atoms with van der Waals surface area (Å²) in [6, 6.07) is 7.28. The van der Waals surface area contributed by atoms with Gasteiger partial charge in [-0.1, -0.05) is 18.5 Å². The van der Waals surface area contributed by atoms with Gasteiger partial charge in [0.05, 0.1) is 0 Å². The average molecular weight is 418 g/mol. The number of nitrogens with zero attached hydrogens (tertiary/aromatic N) is 3. The van der Waals surface area contributed by atoms with Crippen molar-refractivity contribution >= 4 is 29.1 Å². The van der Waals surface area contributed by atoms with Gasteiger partial charge in [0.25, 0.3) is 0 Å². The molecule has 0 saturated carbocycles.